The fraction of sp³-hybridized carbons (Fsp3) is 0.455. The Kier molecular flexibility index (Phi) is 5.58. The predicted molar refractivity (Wildman–Crippen MR) is 71.0 cm³/mol. The largest absolute Gasteiger partial charge is 0.480 e. The maximum absolute atomic E-state index is 10.9. The third kappa shape index (κ3) is 4.64. The number of carboxylic acids is 1. The second kappa shape index (κ2) is 6.72. The summed E-state index contributed by atoms with van der Waals surface area (Å²) in [6, 6.07) is 2.74. The Morgan fingerprint density at radius 1 is 1.50 bits per heavy atom. The van der Waals surface area contributed by atoms with Crippen LogP contribution in [0.4, 0.5) is 0 Å². The molecule has 0 aromatic carbocycles. The molecule has 3 N–H and O–H groups in total. The highest BCUT2D eigenvalue weighted by molar-refractivity contribution is 7.16. The zero-order chi connectivity index (χ0) is 13.7. The molecule has 100 valence electrons. The van der Waals surface area contributed by atoms with Crippen molar-refractivity contribution < 1.29 is 14.7 Å². The smallest absolute Gasteiger partial charge is 0.327 e. The van der Waals surface area contributed by atoms with Crippen molar-refractivity contribution in [2.24, 2.45) is 0 Å². The highest BCUT2D eigenvalue weighted by atomic mass is 35.5. The number of aliphatic carboxylic acids is 1. The summed E-state index contributed by atoms with van der Waals surface area (Å²) >= 11 is 7.26. The van der Waals surface area contributed by atoms with Gasteiger partial charge in [-0.15, -0.1) is 11.3 Å². The van der Waals surface area contributed by atoms with Gasteiger partial charge in [0.25, 0.3) is 0 Å². The van der Waals surface area contributed by atoms with E-state index in [-0.39, 0.29) is 18.5 Å². The first-order chi connectivity index (χ1) is 8.40. The summed E-state index contributed by atoms with van der Waals surface area (Å²) in [6.45, 7) is 3.36. The summed E-state index contributed by atoms with van der Waals surface area (Å²) < 4.78 is 0.690. The Hall–Kier alpha value is -1.11. The molecule has 1 heterocycles. The number of hydrogen-bond donors (Lipinski definition) is 3. The van der Waals surface area contributed by atoms with Crippen molar-refractivity contribution in [1.82, 2.24) is 10.6 Å². The van der Waals surface area contributed by atoms with Gasteiger partial charge in [0.2, 0.25) is 5.91 Å². The van der Waals surface area contributed by atoms with E-state index >= 15 is 0 Å². The van der Waals surface area contributed by atoms with Crippen molar-refractivity contribution in [2.45, 2.75) is 25.9 Å². The number of thiophene rings is 1. The minimum Gasteiger partial charge on any atom is -0.480 e. The third-order valence-electron chi connectivity index (χ3n) is 2.32. The zero-order valence-corrected chi connectivity index (χ0v) is 11.6. The van der Waals surface area contributed by atoms with Gasteiger partial charge in [0, 0.05) is 24.4 Å². The van der Waals surface area contributed by atoms with Gasteiger partial charge in [-0.1, -0.05) is 11.6 Å². The molecular weight excluding hydrogens is 276 g/mol. The van der Waals surface area contributed by atoms with Gasteiger partial charge in [-0.05, 0) is 19.1 Å². The normalized spacial score (nSPS) is 13.9. The maximum Gasteiger partial charge on any atom is 0.327 e. The quantitative estimate of drug-likeness (QED) is 0.744. The van der Waals surface area contributed by atoms with Gasteiger partial charge >= 0.3 is 5.97 Å². The molecule has 0 aliphatic heterocycles. The van der Waals surface area contributed by atoms with Crippen LogP contribution in [-0.2, 0) is 9.59 Å². The lowest BCUT2D eigenvalue weighted by molar-refractivity contribution is -0.141. The average Bonchev–Trinajstić information content (AvgIpc) is 2.69. The molecule has 1 amide bonds. The molecule has 0 fully saturated rings. The van der Waals surface area contributed by atoms with E-state index in [0.717, 1.165) is 4.88 Å². The lowest BCUT2D eigenvalue weighted by Crippen LogP contribution is -2.46. The molecule has 7 heteroatoms. The molecule has 0 saturated carbocycles. The summed E-state index contributed by atoms with van der Waals surface area (Å²) in [5.41, 5.74) is 0. The van der Waals surface area contributed by atoms with E-state index < -0.39 is 12.0 Å². The van der Waals surface area contributed by atoms with Gasteiger partial charge < -0.3 is 15.7 Å². The fourth-order valence-electron chi connectivity index (χ4n) is 1.40. The van der Waals surface area contributed by atoms with Crippen LogP contribution >= 0.6 is 22.9 Å². The topological polar surface area (TPSA) is 78.4 Å². The molecule has 0 radical (unpaired) electrons. The minimum atomic E-state index is -1.06. The summed E-state index contributed by atoms with van der Waals surface area (Å²) in [6.07, 6.45) is 0. The van der Waals surface area contributed by atoms with Gasteiger partial charge in [-0.3, -0.25) is 4.79 Å². The Morgan fingerprint density at radius 3 is 2.61 bits per heavy atom. The SMILES string of the molecule is CC(=O)NC(CNC(C)c1ccc(Cl)s1)C(=O)O. The van der Waals surface area contributed by atoms with Crippen molar-refractivity contribution in [2.75, 3.05) is 6.54 Å². The number of carbonyl (C=O) groups is 2. The summed E-state index contributed by atoms with van der Waals surface area (Å²) in [4.78, 5) is 22.8. The Bertz CT molecular complexity index is 436. The second-order valence-corrected chi connectivity index (χ2v) is 5.61. The first-order valence-corrected chi connectivity index (χ1v) is 6.58. The Labute approximate surface area is 114 Å². The number of halogens is 1. The Balaban J connectivity index is 2.51. The van der Waals surface area contributed by atoms with Crippen molar-refractivity contribution in [3.05, 3.63) is 21.3 Å². The van der Waals surface area contributed by atoms with Gasteiger partial charge in [0.15, 0.2) is 0 Å². The van der Waals surface area contributed by atoms with Crippen LogP contribution in [0, 0.1) is 0 Å². The molecule has 0 saturated heterocycles. The van der Waals surface area contributed by atoms with E-state index in [1.54, 1.807) is 6.07 Å². The highest BCUT2D eigenvalue weighted by Gasteiger charge is 2.19. The molecule has 1 aromatic rings. The monoisotopic (exact) mass is 290 g/mol. The van der Waals surface area contributed by atoms with Crippen LogP contribution in [0.15, 0.2) is 12.1 Å². The van der Waals surface area contributed by atoms with Gasteiger partial charge in [-0.2, -0.15) is 0 Å². The molecule has 1 rings (SSSR count). The van der Waals surface area contributed by atoms with Crippen LogP contribution in [0.5, 0.6) is 0 Å². The van der Waals surface area contributed by atoms with Crippen LogP contribution < -0.4 is 10.6 Å². The molecule has 0 aliphatic carbocycles. The minimum absolute atomic E-state index is 0.0156. The van der Waals surface area contributed by atoms with E-state index in [2.05, 4.69) is 10.6 Å². The maximum atomic E-state index is 10.9. The van der Waals surface area contributed by atoms with E-state index in [1.807, 2.05) is 13.0 Å². The van der Waals surface area contributed by atoms with E-state index in [0.29, 0.717) is 4.34 Å². The van der Waals surface area contributed by atoms with E-state index in [1.165, 1.54) is 18.3 Å². The summed E-state index contributed by atoms with van der Waals surface area (Å²) in [5, 5.41) is 14.4. The summed E-state index contributed by atoms with van der Waals surface area (Å²) in [5.74, 6) is -1.43. The van der Waals surface area contributed by atoms with E-state index in [9.17, 15) is 9.59 Å². The van der Waals surface area contributed by atoms with Crippen molar-refractivity contribution in [3.8, 4) is 0 Å². The lowest BCUT2D eigenvalue weighted by atomic mass is 10.2. The number of carbonyl (C=O) groups excluding carboxylic acids is 1. The molecule has 18 heavy (non-hydrogen) atoms. The molecule has 0 aliphatic rings. The van der Waals surface area contributed by atoms with Gasteiger partial charge in [0.05, 0.1) is 4.34 Å². The van der Waals surface area contributed by atoms with Crippen molar-refractivity contribution in [1.29, 1.82) is 0 Å². The predicted octanol–water partition coefficient (Wildman–Crippen LogP) is 1.64. The summed E-state index contributed by atoms with van der Waals surface area (Å²) in [7, 11) is 0. The van der Waals surface area contributed by atoms with Crippen LogP contribution in [0.3, 0.4) is 0 Å². The zero-order valence-electron chi connectivity index (χ0n) is 10.1. The standard InChI is InChI=1S/C11H15ClN2O3S/c1-6(9-3-4-10(12)18-9)13-5-8(11(16)17)14-7(2)15/h3-4,6,8,13H,5H2,1-2H3,(H,14,15)(H,16,17). The Morgan fingerprint density at radius 2 is 2.17 bits per heavy atom. The number of nitrogens with one attached hydrogen (secondary N) is 2. The van der Waals surface area contributed by atoms with E-state index in [4.69, 9.17) is 16.7 Å². The van der Waals surface area contributed by atoms with Crippen molar-refractivity contribution >= 4 is 34.8 Å². The molecule has 2 atom stereocenters. The average molecular weight is 291 g/mol. The number of amides is 1. The van der Waals surface area contributed by atoms with Crippen LogP contribution in [0.25, 0.3) is 0 Å². The first kappa shape index (κ1) is 14.9. The van der Waals surface area contributed by atoms with Crippen LogP contribution in [-0.4, -0.2) is 29.6 Å². The van der Waals surface area contributed by atoms with Gasteiger partial charge in [0.1, 0.15) is 6.04 Å². The molecule has 0 bridgehead atoms. The molecular formula is C11H15ClN2O3S. The molecule has 0 spiro atoms. The lowest BCUT2D eigenvalue weighted by Gasteiger charge is -2.17. The first-order valence-electron chi connectivity index (χ1n) is 5.38. The number of rotatable bonds is 6. The van der Waals surface area contributed by atoms with Crippen LogP contribution in [0.2, 0.25) is 4.34 Å². The van der Waals surface area contributed by atoms with Crippen molar-refractivity contribution in [3.63, 3.8) is 0 Å². The van der Waals surface area contributed by atoms with Crippen LogP contribution in [0.1, 0.15) is 24.8 Å². The number of carboxylic acid groups (broad SMARTS) is 1. The second-order valence-electron chi connectivity index (χ2n) is 3.86. The molecule has 5 nitrogen and oxygen atoms in total. The molecule has 1 aromatic heterocycles. The molecule has 2 unspecified atom stereocenters. The highest BCUT2D eigenvalue weighted by Crippen LogP contribution is 2.26. The van der Waals surface area contributed by atoms with Gasteiger partial charge in [-0.25, -0.2) is 4.79 Å². The number of hydrogen-bond acceptors (Lipinski definition) is 4. The third-order valence-corrected chi connectivity index (χ3v) is 3.74. The fourth-order valence-corrected chi connectivity index (χ4v) is 2.49.